The molecule has 0 saturated heterocycles. The van der Waals surface area contributed by atoms with Gasteiger partial charge >= 0.3 is 51.4 Å². The van der Waals surface area contributed by atoms with E-state index >= 15 is 0 Å². The first-order chi connectivity index (χ1) is 7.61. The number of carboxylic acid groups (broad SMARTS) is 1. The van der Waals surface area contributed by atoms with Crippen molar-refractivity contribution in [3.8, 4) is 11.6 Å². The second kappa shape index (κ2) is 5.79. The van der Waals surface area contributed by atoms with Crippen molar-refractivity contribution in [2.75, 3.05) is 7.11 Å². The van der Waals surface area contributed by atoms with Crippen LogP contribution in [0.4, 0.5) is 0 Å². The van der Waals surface area contributed by atoms with Crippen molar-refractivity contribution in [1.82, 2.24) is 4.98 Å². The standard InChI is InChI=1S/C11H9NO4.K/c1-16-6-2-3-9-7(4-6)8(11(14)15)5-10(13)12-9;/h2-5H,1H3,(H,12,13)(H,14,15);/q;+1/p-1. The molecular formula is C11H8KNO4. The quantitative estimate of drug-likeness (QED) is 0.593. The number of hydrogen-bond acceptors (Lipinski definition) is 5. The number of hydrogen-bond donors (Lipinski definition) is 1. The van der Waals surface area contributed by atoms with Crippen LogP contribution in [0.3, 0.4) is 0 Å². The molecule has 2 aromatic rings. The second-order valence-corrected chi connectivity index (χ2v) is 3.20. The molecule has 0 aliphatic carbocycles. The first kappa shape index (κ1) is 14.4. The maximum Gasteiger partial charge on any atom is 1.00 e. The first-order valence-electron chi connectivity index (χ1n) is 4.51. The molecule has 0 saturated carbocycles. The van der Waals surface area contributed by atoms with E-state index in [4.69, 9.17) is 4.74 Å². The van der Waals surface area contributed by atoms with Gasteiger partial charge in [-0.15, -0.1) is 0 Å². The van der Waals surface area contributed by atoms with Gasteiger partial charge in [0.1, 0.15) is 5.75 Å². The van der Waals surface area contributed by atoms with Crippen molar-refractivity contribution in [3.63, 3.8) is 0 Å². The van der Waals surface area contributed by atoms with E-state index < -0.39 is 5.97 Å². The van der Waals surface area contributed by atoms with Crippen LogP contribution in [-0.4, -0.2) is 23.2 Å². The fourth-order valence-electron chi connectivity index (χ4n) is 1.49. The molecule has 1 N–H and O–H groups in total. The number of aromatic carboxylic acids is 1. The zero-order chi connectivity index (χ0) is 11.7. The number of methoxy groups -OCH3 is 1. The maximum atomic E-state index is 10.9. The van der Waals surface area contributed by atoms with Gasteiger partial charge in [0.25, 0.3) is 0 Å². The van der Waals surface area contributed by atoms with E-state index in [1.165, 1.54) is 13.2 Å². The van der Waals surface area contributed by atoms with Gasteiger partial charge in [-0.1, -0.05) is 0 Å². The van der Waals surface area contributed by atoms with Crippen molar-refractivity contribution in [1.29, 1.82) is 0 Å². The molecule has 0 aliphatic rings. The minimum Gasteiger partial charge on any atom is -0.545 e. The zero-order valence-electron chi connectivity index (χ0n) is 9.43. The number of carbonyl (C=O) groups is 1. The van der Waals surface area contributed by atoms with Gasteiger partial charge in [0, 0.05) is 17.0 Å². The number of rotatable bonds is 2. The van der Waals surface area contributed by atoms with Crippen LogP contribution in [0, 0.1) is 0 Å². The van der Waals surface area contributed by atoms with E-state index in [1.54, 1.807) is 12.1 Å². The minimum absolute atomic E-state index is 0. The average molecular weight is 257 g/mol. The fraction of sp³-hybridized carbons (Fsp3) is 0.0909. The molecule has 0 fully saturated rings. The fourth-order valence-corrected chi connectivity index (χ4v) is 1.49. The molecule has 82 valence electrons. The summed E-state index contributed by atoms with van der Waals surface area (Å²) in [6.07, 6.45) is 0. The van der Waals surface area contributed by atoms with Crippen molar-refractivity contribution in [2.45, 2.75) is 0 Å². The molecule has 17 heavy (non-hydrogen) atoms. The predicted molar refractivity (Wildman–Crippen MR) is 54.3 cm³/mol. The Kier molecular flexibility index (Phi) is 4.90. The molecule has 0 unspecified atom stereocenters. The molecule has 1 heterocycles. The van der Waals surface area contributed by atoms with Gasteiger partial charge in [0.2, 0.25) is 5.88 Å². The molecule has 6 heteroatoms. The van der Waals surface area contributed by atoms with Gasteiger partial charge in [-0.3, -0.25) is 0 Å². The molecule has 2 rings (SSSR count). The van der Waals surface area contributed by atoms with Crippen LogP contribution in [-0.2, 0) is 0 Å². The smallest absolute Gasteiger partial charge is 0.545 e. The third kappa shape index (κ3) is 2.96. The molecular weight excluding hydrogens is 249 g/mol. The Balaban J connectivity index is 0.00000144. The number of aromatic nitrogens is 1. The van der Waals surface area contributed by atoms with E-state index in [0.29, 0.717) is 16.7 Å². The SMILES string of the molecule is COc1ccc2nc(O)cc(C(=O)[O-])c2c1.[K+]. The predicted octanol–water partition coefficient (Wildman–Crippen LogP) is -2.68. The second-order valence-electron chi connectivity index (χ2n) is 3.20. The monoisotopic (exact) mass is 257 g/mol. The van der Waals surface area contributed by atoms with Crippen molar-refractivity contribution in [2.24, 2.45) is 0 Å². The molecule has 1 aromatic carbocycles. The summed E-state index contributed by atoms with van der Waals surface area (Å²) in [4.78, 5) is 14.7. The molecule has 0 bridgehead atoms. The molecule has 0 spiro atoms. The summed E-state index contributed by atoms with van der Waals surface area (Å²) in [6, 6.07) is 5.79. The zero-order valence-corrected chi connectivity index (χ0v) is 12.6. The van der Waals surface area contributed by atoms with Gasteiger partial charge in [-0.05, 0) is 18.2 Å². The Morgan fingerprint density at radius 3 is 2.71 bits per heavy atom. The van der Waals surface area contributed by atoms with Gasteiger partial charge < -0.3 is 19.7 Å². The number of carbonyl (C=O) groups excluding carboxylic acids is 1. The van der Waals surface area contributed by atoms with E-state index in [0.717, 1.165) is 6.07 Å². The topological polar surface area (TPSA) is 82.5 Å². The van der Waals surface area contributed by atoms with Crippen molar-refractivity contribution >= 4 is 16.9 Å². The van der Waals surface area contributed by atoms with Gasteiger partial charge in [-0.25, -0.2) is 4.98 Å². The van der Waals surface area contributed by atoms with Crippen molar-refractivity contribution < 1.29 is 71.1 Å². The van der Waals surface area contributed by atoms with Crippen LogP contribution in [0.1, 0.15) is 10.4 Å². The van der Waals surface area contributed by atoms with Crippen LogP contribution >= 0.6 is 0 Å². The summed E-state index contributed by atoms with van der Waals surface area (Å²) in [5.74, 6) is -1.20. The number of aromatic hydroxyl groups is 1. The van der Waals surface area contributed by atoms with E-state index in [9.17, 15) is 15.0 Å². The summed E-state index contributed by atoms with van der Waals surface area (Å²) >= 11 is 0. The average Bonchev–Trinajstić information content (AvgIpc) is 2.27. The van der Waals surface area contributed by atoms with E-state index in [2.05, 4.69) is 4.98 Å². The summed E-state index contributed by atoms with van der Waals surface area (Å²) in [5, 5.41) is 20.5. The van der Waals surface area contributed by atoms with E-state index in [1.807, 2.05) is 0 Å². The Morgan fingerprint density at radius 2 is 2.12 bits per heavy atom. The molecule has 0 aliphatic heterocycles. The summed E-state index contributed by atoms with van der Waals surface area (Å²) in [6.45, 7) is 0. The number of nitrogens with zero attached hydrogens (tertiary/aromatic N) is 1. The molecule has 0 atom stereocenters. The Labute approximate surface area is 140 Å². The largest absolute Gasteiger partial charge is 1.00 e. The summed E-state index contributed by atoms with van der Waals surface area (Å²) in [7, 11) is 1.48. The van der Waals surface area contributed by atoms with Gasteiger partial charge in [0.05, 0.1) is 18.6 Å². The van der Waals surface area contributed by atoms with Crippen LogP contribution in [0.5, 0.6) is 11.6 Å². The Hall–Kier alpha value is -0.664. The molecule has 1 aromatic heterocycles. The Morgan fingerprint density at radius 1 is 1.41 bits per heavy atom. The van der Waals surface area contributed by atoms with Crippen LogP contribution in [0.2, 0.25) is 0 Å². The maximum absolute atomic E-state index is 10.9. The number of pyridine rings is 1. The summed E-state index contributed by atoms with van der Waals surface area (Å²) < 4.78 is 4.98. The number of benzene rings is 1. The Bertz CT molecular complexity index is 571. The number of carboxylic acids is 1. The number of ether oxygens (including phenoxy) is 1. The van der Waals surface area contributed by atoms with Crippen molar-refractivity contribution in [3.05, 3.63) is 29.8 Å². The molecule has 0 amide bonds. The van der Waals surface area contributed by atoms with Crippen LogP contribution in [0.25, 0.3) is 10.9 Å². The molecule has 5 nitrogen and oxygen atoms in total. The normalized spacial score (nSPS) is 9.71. The summed E-state index contributed by atoms with van der Waals surface area (Å²) in [5.41, 5.74) is 0.265. The van der Waals surface area contributed by atoms with Gasteiger partial charge in [-0.2, -0.15) is 0 Å². The van der Waals surface area contributed by atoms with Crippen LogP contribution < -0.4 is 61.2 Å². The number of fused-ring (bicyclic) bond motifs is 1. The molecule has 0 radical (unpaired) electrons. The third-order valence-corrected chi connectivity index (χ3v) is 2.22. The van der Waals surface area contributed by atoms with E-state index in [-0.39, 0.29) is 62.8 Å². The van der Waals surface area contributed by atoms with Crippen LogP contribution in [0.15, 0.2) is 24.3 Å². The minimum atomic E-state index is -1.36. The first-order valence-corrected chi connectivity index (χ1v) is 4.51. The van der Waals surface area contributed by atoms with Gasteiger partial charge in [0.15, 0.2) is 0 Å². The third-order valence-electron chi connectivity index (χ3n) is 2.22.